The zero-order valence-corrected chi connectivity index (χ0v) is 22.8. The fourth-order valence-corrected chi connectivity index (χ4v) is 4.23. The van der Waals surface area contributed by atoms with E-state index in [1.165, 1.54) is 25.1 Å². The van der Waals surface area contributed by atoms with Gasteiger partial charge in [0.1, 0.15) is 12.2 Å². The van der Waals surface area contributed by atoms with Gasteiger partial charge >= 0.3 is 0 Å². The summed E-state index contributed by atoms with van der Waals surface area (Å²) in [5.41, 5.74) is 6.09. The molecule has 194 valence electrons. The molecule has 9 heteroatoms. The second-order valence-corrected chi connectivity index (χ2v) is 10.8. The molecule has 1 aliphatic rings. The van der Waals surface area contributed by atoms with E-state index < -0.39 is 11.5 Å². The number of aromatic nitrogens is 1. The van der Waals surface area contributed by atoms with Gasteiger partial charge in [-0.2, -0.15) is 0 Å². The molecule has 1 aliphatic heterocycles. The monoisotopic (exact) mass is 541 g/mol. The average molecular weight is 542 g/mol. The van der Waals surface area contributed by atoms with Gasteiger partial charge in [-0.3, -0.25) is 20.1 Å². The third-order valence-electron chi connectivity index (χ3n) is 5.94. The summed E-state index contributed by atoms with van der Waals surface area (Å²) in [5, 5.41) is 3.19. The van der Waals surface area contributed by atoms with Crippen molar-refractivity contribution < 1.29 is 19.1 Å². The quantitative estimate of drug-likeness (QED) is 0.348. The number of hydroxylamine groups is 1. The Morgan fingerprint density at radius 3 is 2.38 bits per heavy atom. The SMILES string of the molecule is COc1ccc(C(=O)Nc2c(Cl)cncc2Cl)cc1OCC1(C)C=C(c2ccc(C(C)(C)C)cc2)NO1. The molecule has 0 saturated carbocycles. The highest BCUT2D eigenvalue weighted by molar-refractivity contribution is 6.39. The van der Waals surface area contributed by atoms with Crippen molar-refractivity contribution in [2.75, 3.05) is 19.0 Å². The minimum absolute atomic E-state index is 0.0796. The highest BCUT2D eigenvalue weighted by Crippen LogP contribution is 2.34. The molecule has 0 saturated heterocycles. The number of amides is 1. The molecule has 7 nitrogen and oxygen atoms in total. The zero-order chi connectivity index (χ0) is 26.8. The topological polar surface area (TPSA) is 81.7 Å². The van der Waals surface area contributed by atoms with Crippen molar-refractivity contribution in [2.45, 2.75) is 38.7 Å². The Hall–Kier alpha value is -3.26. The lowest BCUT2D eigenvalue weighted by Crippen LogP contribution is -2.33. The van der Waals surface area contributed by atoms with Gasteiger partial charge in [0, 0.05) is 18.0 Å². The standard InChI is InChI=1S/C28H29Cl2N3O4/c1-27(2,3)19-9-6-17(7-10-19)22-13-28(4,37-33-22)16-36-24-12-18(8-11-23(24)35-5)26(34)32-25-20(29)14-31-15-21(25)30/h6-15,33H,16H2,1-5H3,(H,31,32,34). The van der Waals surface area contributed by atoms with E-state index in [0.717, 1.165) is 11.3 Å². The Kier molecular flexibility index (Phi) is 7.69. The minimum atomic E-state index is -0.751. The molecule has 2 heterocycles. The molecule has 0 radical (unpaired) electrons. The Labute approximate surface area is 226 Å². The van der Waals surface area contributed by atoms with Gasteiger partial charge in [-0.15, -0.1) is 0 Å². The van der Waals surface area contributed by atoms with Gasteiger partial charge in [0.2, 0.25) is 0 Å². The van der Waals surface area contributed by atoms with Crippen LogP contribution in [-0.4, -0.2) is 30.2 Å². The van der Waals surface area contributed by atoms with E-state index in [9.17, 15) is 4.79 Å². The lowest BCUT2D eigenvalue weighted by Gasteiger charge is -2.21. The molecule has 0 fully saturated rings. The number of nitrogens with zero attached hydrogens (tertiary/aromatic N) is 1. The molecule has 1 amide bonds. The van der Waals surface area contributed by atoms with Crippen molar-refractivity contribution in [3.63, 3.8) is 0 Å². The molecular formula is C28H29Cl2N3O4. The molecule has 1 unspecified atom stereocenters. The summed E-state index contributed by atoms with van der Waals surface area (Å²) in [4.78, 5) is 22.6. The molecule has 2 N–H and O–H groups in total. The van der Waals surface area contributed by atoms with E-state index in [-0.39, 0.29) is 27.8 Å². The number of methoxy groups -OCH3 is 1. The number of benzene rings is 2. The van der Waals surface area contributed by atoms with Gasteiger partial charge in [-0.1, -0.05) is 68.2 Å². The third-order valence-corrected chi connectivity index (χ3v) is 6.51. The molecule has 4 rings (SSSR count). The zero-order valence-electron chi connectivity index (χ0n) is 21.3. The minimum Gasteiger partial charge on any atom is -0.493 e. The summed E-state index contributed by atoms with van der Waals surface area (Å²) in [7, 11) is 1.53. The fraction of sp³-hybridized carbons (Fsp3) is 0.286. The predicted octanol–water partition coefficient (Wildman–Crippen LogP) is 6.66. The second kappa shape index (κ2) is 10.6. The first-order valence-electron chi connectivity index (χ1n) is 11.7. The summed E-state index contributed by atoms with van der Waals surface area (Å²) in [6.45, 7) is 8.63. The van der Waals surface area contributed by atoms with E-state index in [1.807, 2.05) is 13.0 Å². The highest BCUT2D eigenvalue weighted by atomic mass is 35.5. The van der Waals surface area contributed by atoms with Crippen LogP contribution in [0.4, 0.5) is 5.69 Å². The first-order chi connectivity index (χ1) is 17.5. The van der Waals surface area contributed by atoms with E-state index >= 15 is 0 Å². The van der Waals surface area contributed by atoms with Gasteiger partial charge in [0.25, 0.3) is 5.91 Å². The number of anilines is 1. The van der Waals surface area contributed by atoms with Crippen LogP contribution >= 0.6 is 23.2 Å². The van der Waals surface area contributed by atoms with Crippen LogP contribution in [0.1, 0.15) is 49.2 Å². The van der Waals surface area contributed by atoms with E-state index in [1.54, 1.807) is 18.2 Å². The maximum Gasteiger partial charge on any atom is 0.255 e. The van der Waals surface area contributed by atoms with Crippen molar-refractivity contribution in [3.05, 3.63) is 87.7 Å². The largest absolute Gasteiger partial charge is 0.493 e. The Morgan fingerprint density at radius 2 is 1.76 bits per heavy atom. The van der Waals surface area contributed by atoms with Crippen molar-refractivity contribution in [1.29, 1.82) is 0 Å². The summed E-state index contributed by atoms with van der Waals surface area (Å²) in [6.07, 6.45) is 4.79. The van der Waals surface area contributed by atoms with E-state index in [4.69, 9.17) is 37.5 Å². The lowest BCUT2D eigenvalue weighted by molar-refractivity contribution is -0.0476. The smallest absolute Gasteiger partial charge is 0.255 e. The van der Waals surface area contributed by atoms with Crippen molar-refractivity contribution in [1.82, 2.24) is 10.5 Å². The second-order valence-electron chi connectivity index (χ2n) is 9.99. The first-order valence-corrected chi connectivity index (χ1v) is 12.4. The summed E-state index contributed by atoms with van der Waals surface area (Å²) < 4.78 is 11.5. The van der Waals surface area contributed by atoms with Crippen LogP contribution in [-0.2, 0) is 10.3 Å². The third kappa shape index (κ3) is 6.18. The van der Waals surface area contributed by atoms with Gasteiger partial charge in [-0.25, -0.2) is 0 Å². The Morgan fingerprint density at radius 1 is 1.08 bits per heavy atom. The van der Waals surface area contributed by atoms with Gasteiger partial charge in [0.15, 0.2) is 11.5 Å². The molecule has 3 aromatic rings. The van der Waals surface area contributed by atoms with Gasteiger partial charge < -0.3 is 14.8 Å². The van der Waals surface area contributed by atoms with Crippen LogP contribution in [0.5, 0.6) is 11.5 Å². The maximum atomic E-state index is 12.9. The van der Waals surface area contributed by atoms with Crippen LogP contribution in [0.3, 0.4) is 0 Å². The van der Waals surface area contributed by atoms with Gasteiger partial charge in [0.05, 0.1) is 28.5 Å². The van der Waals surface area contributed by atoms with Crippen LogP contribution in [0, 0.1) is 0 Å². The molecule has 0 bridgehead atoms. The fourth-order valence-electron chi connectivity index (χ4n) is 3.77. The van der Waals surface area contributed by atoms with Crippen molar-refractivity contribution in [3.8, 4) is 11.5 Å². The molecule has 2 aromatic carbocycles. The summed E-state index contributed by atoms with van der Waals surface area (Å²) in [6, 6.07) is 13.3. The summed E-state index contributed by atoms with van der Waals surface area (Å²) in [5.74, 6) is 0.463. The molecule has 37 heavy (non-hydrogen) atoms. The first kappa shape index (κ1) is 26.8. The number of hydrogen-bond donors (Lipinski definition) is 2. The van der Waals surface area contributed by atoms with Crippen LogP contribution in [0.25, 0.3) is 5.70 Å². The molecule has 1 aromatic heterocycles. The number of carbonyl (C=O) groups is 1. The van der Waals surface area contributed by atoms with E-state index in [2.05, 4.69) is 60.8 Å². The van der Waals surface area contributed by atoms with Crippen LogP contribution in [0.15, 0.2) is 60.9 Å². The number of nitrogens with one attached hydrogen (secondary N) is 2. The van der Waals surface area contributed by atoms with Crippen molar-refractivity contribution in [2.24, 2.45) is 0 Å². The van der Waals surface area contributed by atoms with Gasteiger partial charge in [-0.05, 0) is 47.7 Å². The normalized spacial score (nSPS) is 17.1. The Bertz CT molecular complexity index is 1320. The lowest BCUT2D eigenvalue weighted by atomic mass is 9.86. The average Bonchev–Trinajstić information content (AvgIpc) is 3.26. The number of hydrogen-bond acceptors (Lipinski definition) is 6. The highest BCUT2D eigenvalue weighted by Gasteiger charge is 2.32. The van der Waals surface area contributed by atoms with E-state index in [0.29, 0.717) is 17.1 Å². The number of ether oxygens (including phenoxy) is 2. The number of halogens is 2. The summed E-state index contributed by atoms with van der Waals surface area (Å²) >= 11 is 12.3. The van der Waals surface area contributed by atoms with Crippen LogP contribution < -0.4 is 20.3 Å². The molecule has 0 spiro atoms. The van der Waals surface area contributed by atoms with Crippen LogP contribution in [0.2, 0.25) is 10.0 Å². The molecule has 1 atom stereocenters. The predicted molar refractivity (Wildman–Crippen MR) is 146 cm³/mol. The number of carbonyl (C=O) groups excluding carboxylic acids is 1. The number of rotatable bonds is 7. The molecular weight excluding hydrogens is 513 g/mol. The molecule has 0 aliphatic carbocycles. The maximum absolute atomic E-state index is 12.9. The Balaban J connectivity index is 1.49. The number of pyridine rings is 1. The van der Waals surface area contributed by atoms with Crippen molar-refractivity contribution >= 4 is 40.5 Å².